The number of hydrogen-bond donors (Lipinski definition) is 2. The Hall–Kier alpha value is -0.610. The Labute approximate surface area is 74.9 Å². The maximum absolute atomic E-state index is 10.5. The smallest absolute Gasteiger partial charge is 0.222 e. The fourth-order valence-corrected chi connectivity index (χ4v) is 0.456. The predicted molar refractivity (Wildman–Crippen MR) is 50.1 cm³/mol. The highest BCUT2D eigenvalue weighted by Crippen LogP contribution is 1.80. The molecule has 2 N–H and O–H groups in total. The molecule has 0 aromatic rings. The Morgan fingerprint density at radius 1 is 1.42 bits per heavy atom. The van der Waals surface area contributed by atoms with Crippen molar-refractivity contribution in [3.8, 4) is 0 Å². The van der Waals surface area contributed by atoms with E-state index >= 15 is 0 Å². The summed E-state index contributed by atoms with van der Waals surface area (Å²) in [6.45, 7) is 0.685. The van der Waals surface area contributed by atoms with E-state index in [1.54, 1.807) is 7.05 Å². The first-order chi connectivity index (χ1) is 4.81. The number of aliphatic hydroxyl groups is 1. The second kappa shape index (κ2) is 13.0. The summed E-state index contributed by atoms with van der Waals surface area (Å²) in [5, 5.41) is 10.7. The maximum atomic E-state index is 10.5. The van der Waals surface area contributed by atoms with Gasteiger partial charge in [-0.2, -0.15) is 0 Å². The van der Waals surface area contributed by atoms with Gasteiger partial charge in [0, 0.05) is 13.5 Å². The van der Waals surface area contributed by atoms with E-state index in [1.165, 1.54) is 0 Å². The van der Waals surface area contributed by atoms with Crippen LogP contribution in [0.15, 0.2) is 0 Å². The summed E-state index contributed by atoms with van der Waals surface area (Å²) in [7, 11) is 1.58. The highest BCUT2D eigenvalue weighted by molar-refractivity contribution is 5.75. The van der Waals surface area contributed by atoms with E-state index in [-0.39, 0.29) is 27.4 Å². The molecule has 0 heterocycles. The van der Waals surface area contributed by atoms with Crippen LogP contribution in [0.5, 0.6) is 0 Å². The molecule has 4 nitrogen and oxygen atoms in total. The SMILES string of the molecule is C.C.CNC(=O)CCOCCO. The van der Waals surface area contributed by atoms with Crippen LogP contribution in [0.3, 0.4) is 0 Å². The molecule has 0 aromatic heterocycles. The molecule has 0 atom stereocenters. The van der Waals surface area contributed by atoms with Gasteiger partial charge in [-0.3, -0.25) is 4.79 Å². The monoisotopic (exact) mass is 179 g/mol. The molecule has 76 valence electrons. The second-order valence-corrected chi connectivity index (χ2v) is 1.76. The molecule has 12 heavy (non-hydrogen) atoms. The Morgan fingerprint density at radius 2 is 2.00 bits per heavy atom. The van der Waals surface area contributed by atoms with Gasteiger partial charge >= 0.3 is 0 Å². The summed E-state index contributed by atoms with van der Waals surface area (Å²) in [6.07, 6.45) is 0.358. The lowest BCUT2D eigenvalue weighted by Gasteiger charge is -1.99. The lowest BCUT2D eigenvalue weighted by molar-refractivity contribution is -0.121. The van der Waals surface area contributed by atoms with Crippen LogP contribution in [0, 0.1) is 0 Å². The van der Waals surface area contributed by atoms with Crippen LogP contribution in [0.2, 0.25) is 0 Å². The molecule has 0 aromatic carbocycles. The van der Waals surface area contributed by atoms with Gasteiger partial charge in [0.2, 0.25) is 5.91 Å². The van der Waals surface area contributed by atoms with Crippen molar-refractivity contribution in [2.45, 2.75) is 21.3 Å². The molecule has 0 fully saturated rings. The summed E-state index contributed by atoms with van der Waals surface area (Å²) in [4.78, 5) is 10.5. The van der Waals surface area contributed by atoms with E-state index in [2.05, 4.69) is 5.32 Å². The van der Waals surface area contributed by atoms with Crippen molar-refractivity contribution in [1.29, 1.82) is 0 Å². The average molecular weight is 179 g/mol. The number of carbonyl (C=O) groups excluding carboxylic acids is 1. The van der Waals surface area contributed by atoms with Gasteiger partial charge in [-0.15, -0.1) is 0 Å². The number of amides is 1. The lowest BCUT2D eigenvalue weighted by atomic mass is 10.4. The number of aliphatic hydroxyl groups excluding tert-OH is 1. The molecule has 0 aliphatic carbocycles. The van der Waals surface area contributed by atoms with Crippen LogP contribution in [-0.4, -0.2) is 37.9 Å². The van der Waals surface area contributed by atoms with Gasteiger partial charge in [0.1, 0.15) is 0 Å². The quantitative estimate of drug-likeness (QED) is 0.601. The molecule has 0 unspecified atom stereocenters. The van der Waals surface area contributed by atoms with Gasteiger partial charge in [-0.05, 0) is 0 Å². The van der Waals surface area contributed by atoms with Crippen molar-refractivity contribution < 1.29 is 14.6 Å². The molecule has 0 bridgehead atoms. The summed E-state index contributed by atoms with van der Waals surface area (Å²) >= 11 is 0. The average Bonchev–Trinajstić information content (AvgIpc) is 1.98. The van der Waals surface area contributed by atoms with Gasteiger partial charge in [0.25, 0.3) is 0 Å². The minimum Gasteiger partial charge on any atom is -0.394 e. The van der Waals surface area contributed by atoms with Crippen molar-refractivity contribution >= 4 is 5.91 Å². The predicted octanol–water partition coefficient (Wildman–Crippen LogP) is 0.404. The van der Waals surface area contributed by atoms with Gasteiger partial charge in [-0.1, -0.05) is 14.9 Å². The zero-order valence-electron chi connectivity index (χ0n) is 6.09. The van der Waals surface area contributed by atoms with Crippen LogP contribution >= 0.6 is 0 Å². The molecular formula is C8H21NO3. The Bertz CT molecular complexity index is 96.3. The summed E-state index contributed by atoms with van der Waals surface area (Å²) in [6, 6.07) is 0. The highest BCUT2D eigenvalue weighted by Gasteiger charge is 1.95. The van der Waals surface area contributed by atoms with Gasteiger partial charge in [0.15, 0.2) is 0 Å². The van der Waals surface area contributed by atoms with Crippen molar-refractivity contribution in [2.24, 2.45) is 0 Å². The highest BCUT2D eigenvalue weighted by atomic mass is 16.5. The Morgan fingerprint density at radius 3 is 2.42 bits per heavy atom. The zero-order valence-corrected chi connectivity index (χ0v) is 6.09. The van der Waals surface area contributed by atoms with Crippen molar-refractivity contribution in [1.82, 2.24) is 5.32 Å². The van der Waals surface area contributed by atoms with Crippen LogP contribution in [-0.2, 0) is 9.53 Å². The van der Waals surface area contributed by atoms with Gasteiger partial charge < -0.3 is 15.2 Å². The molecule has 0 rings (SSSR count). The number of carbonyl (C=O) groups is 1. The molecule has 0 spiro atoms. The first-order valence-corrected chi connectivity index (χ1v) is 3.20. The van der Waals surface area contributed by atoms with Gasteiger partial charge in [-0.25, -0.2) is 0 Å². The molecule has 0 aliphatic rings. The largest absolute Gasteiger partial charge is 0.394 e. The number of rotatable bonds is 5. The fraction of sp³-hybridized carbons (Fsp3) is 0.875. The summed E-state index contributed by atoms with van der Waals surface area (Å²) < 4.78 is 4.84. The third-order valence-electron chi connectivity index (χ3n) is 0.988. The third-order valence-corrected chi connectivity index (χ3v) is 0.988. The second-order valence-electron chi connectivity index (χ2n) is 1.76. The van der Waals surface area contributed by atoms with E-state index < -0.39 is 0 Å². The zero-order chi connectivity index (χ0) is 7.82. The molecule has 0 saturated carbocycles. The normalized spacial score (nSPS) is 7.83. The third kappa shape index (κ3) is 12.1. The van der Waals surface area contributed by atoms with Crippen molar-refractivity contribution in [2.75, 3.05) is 26.9 Å². The van der Waals surface area contributed by atoms with Crippen molar-refractivity contribution in [3.05, 3.63) is 0 Å². The molecule has 1 amide bonds. The minimum absolute atomic E-state index is 0. The van der Waals surface area contributed by atoms with Crippen LogP contribution < -0.4 is 5.32 Å². The van der Waals surface area contributed by atoms with Gasteiger partial charge in [0.05, 0.1) is 19.8 Å². The molecule has 0 saturated heterocycles. The summed E-state index contributed by atoms with van der Waals surface area (Å²) in [5.74, 6) is -0.0436. The number of hydrogen-bond acceptors (Lipinski definition) is 3. The summed E-state index contributed by atoms with van der Waals surface area (Å²) in [5.41, 5.74) is 0. The number of ether oxygens (including phenoxy) is 1. The fourth-order valence-electron chi connectivity index (χ4n) is 0.456. The Kier molecular flexibility index (Phi) is 18.9. The minimum atomic E-state index is -0.0436. The lowest BCUT2D eigenvalue weighted by Crippen LogP contribution is -2.19. The first kappa shape index (κ1) is 17.5. The van der Waals surface area contributed by atoms with Crippen LogP contribution in [0.1, 0.15) is 21.3 Å². The molecule has 0 aliphatic heterocycles. The van der Waals surface area contributed by atoms with Crippen molar-refractivity contribution in [3.63, 3.8) is 0 Å². The topological polar surface area (TPSA) is 58.6 Å². The molecule has 4 heteroatoms. The maximum Gasteiger partial charge on any atom is 0.222 e. The standard InChI is InChI=1S/C6H13NO3.2CH4/c1-7-6(9)2-4-10-5-3-8;;/h8H,2-5H2,1H3,(H,7,9);2*1H4. The molecule has 0 radical (unpaired) electrons. The van der Waals surface area contributed by atoms with Crippen LogP contribution in [0.25, 0.3) is 0 Å². The number of nitrogens with one attached hydrogen (secondary N) is 1. The molecular weight excluding hydrogens is 158 g/mol. The Balaban J connectivity index is -0.000000405. The first-order valence-electron chi connectivity index (χ1n) is 3.20. The van der Waals surface area contributed by atoms with E-state index in [1.807, 2.05) is 0 Å². The van der Waals surface area contributed by atoms with E-state index in [0.29, 0.717) is 19.6 Å². The van der Waals surface area contributed by atoms with Crippen LogP contribution in [0.4, 0.5) is 0 Å². The van der Waals surface area contributed by atoms with E-state index in [9.17, 15) is 4.79 Å². The van der Waals surface area contributed by atoms with E-state index in [0.717, 1.165) is 0 Å². The van der Waals surface area contributed by atoms with E-state index in [4.69, 9.17) is 9.84 Å².